The molecule has 1 spiro atoms. The van der Waals surface area contributed by atoms with Crippen LogP contribution in [0.2, 0.25) is 0 Å². The van der Waals surface area contributed by atoms with Crippen LogP contribution >= 0.6 is 0 Å². The summed E-state index contributed by atoms with van der Waals surface area (Å²) in [7, 11) is 7.01. The van der Waals surface area contributed by atoms with Crippen molar-refractivity contribution in [1.29, 1.82) is 0 Å². The van der Waals surface area contributed by atoms with Crippen LogP contribution in [0.15, 0.2) is 23.0 Å². The first kappa shape index (κ1) is 42.5. The van der Waals surface area contributed by atoms with Gasteiger partial charge in [-0.3, -0.25) is 25.4 Å². The maximum absolute atomic E-state index is 13.1. The summed E-state index contributed by atoms with van der Waals surface area (Å²) in [6, 6.07) is 0. The van der Waals surface area contributed by atoms with Gasteiger partial charge in [0.1, 0.15) is 23.5 Å². The summed E-state index contributed by atoms with van der Waals surface area (Å²) in [5.41, 5.74) is 2.26. The van der Waals surface area contributed by atoms with Gasteiger partial charge in [0, 0.05) is 63.6 Å². The molecule has 1 aromatic carbocycles. The predicted molar refractivity (Wildman–Crippen MR) is 189 cm³/mol. The largest absolute Gasteiger partial charge is 0.661 e. The number of ketones is 2. The molecule has 4 heterocycles. The first-order valence-electron chi connectivity index (χ1n) is 17.8. The standard InChI is InChI=1S/C20H20O5.C6H11N2.C6H12O2.C5H11NO2.Fm.H2O2/c1-9-6-7-10-12(8-9)19(23)15-16(17(10)21)20(24)14-11(18(15)22)4-3-5-13(14)25-2;1-8-4-6(5-8)2-7-3-6;1-7-6-4-2-3-5-8-6;1-7-5-4-8-3-2-6-5;;1-2/h4,9,21,23H,3,5-8H2,1-2H3;2-5H2,1H3;6H,2-5H2,1H3;5-6H,2-4H2,1H3;;1-2H/q;-1;;;;. The second kappa shape index (κ2) is 19.8. The van der Waals surface area contributed by atoms with Crippen LogP contribution in [-0.4, -0.2) is 131 Å². The number of rotatable bonds is 3. The van der Waals surface area contributed by atoms with Crippen molar-refractivity contribution in [3.8, 4) is 11.5 Å². The molecule has 3 atom stereocenters. The third-order valence-electron chi connectivity index (χ3n) is 10.2. The molecule has 5 N–H and O–H groups in total. The Bertz CT molecular complexity index is 1390. The first-order chi connectivity index (χ1) is 24.6. The maximum Gasteiger partial charge on any atom is 0.201 e. The number of carbonyl (C=O) groups excluding carboxylic acids is 2. The Kier molecular flexibility index (Phi) is 16.2. The minimum Gasteiger partial charge on any atom is -0.661 e. The van der Waals surface area contributed by atoms with Crippen molar-refractivity contribution in [3.63, 3.8) is 0 Å². The summed E-state index contributed by atoms with van der Waals surface area (Å²) in [6.45, 7) is 10.2. The molecule has 52 heavy (non-hydrogen) atoms. The molecule has 15 heteroatoms. The van der Waals surface area contributed by atoms with Crippen molar-refractivity contribution in [2.24, 2.45) is 11.3 Å². The van der Waals surface area contributed by atoms with Crippen molar-refractivity contribution in [1.82, 2.24) is 10.2 Å². The number of phenolic OH excluding ortho intramolecular Hbond substituents is 2. The van der Waals surface area contributed by atoms with Gasteiger partial charge in [0.2, 0.25) is 5.78 Å². The van der Waals surface area contributed by atoms with Crippen LogP contribution in [0, 0.1) is 11.3 Å². The number of likely N-dealkylation sites (tertiary alicyclic amines) is 1. The van der Waals surface area contributed by atoms with E-state index in [1.807, 2.05) is 0 Å². The molecule has 0 amide bonds. The van der Waals surface area contributed by atoms with E-state index < -0.39 is 11.6 Å². The van der Waals surface area contributed by atoms with Crippen LogP contribution < -0.4 is 5.32 Å². The molecule has 1 aromatic rings. The Balaban J connectivity index is 0.000000219. The molecule has 4 saturated heterocycles. The zero-order valence-corrected chi connectivity index (χ0v) is 33.4. The molecule has 4 fully saturated rings. The summed E-state index contributed by atoms with van der Waals surface area (Å²) in [5, 5.41) is 40.8. The van der Waals surface area contributed by atoms with Crippen molar-refractivity contribution in [2.75, 3.05) is 80.9 Å². The number of hydrogen-bond acceptors (Lipinski definition) is 13. The van der Waals surface area contributed by atoms with Crippen LogP contribution in [0.25, 0.3) is 5.32 Å². The molecule has 298 valence electrons. The van der Waals surface area contributed by atoms with E-state index in [0.29, 0.717) is 60.5 Å². The minimum absolute atomic E-state index is 0. The van der Waals surface area contributed by atoms with Gasteiger partial charge in [-0.1, -0.05) is 13.0 Å². The third-order valence-corrected chi connectivity index (χ3v) is 10.2. The Hall–Kier alpha value is -3.92. The molecule has 0 saturated carbocycles. The van der Waals surface area contributed by atoms with Crippen molar-refractivity contribution >= 4 is 11.6 Å². The van der Waals surface area contributed by atoms with E-state index in [4.69, 9.17) is 34.2 Å². The number of carbonyl (C=O) groups is 2. The van der Waals surface area contributed by atoms with Gasteiger partial charge in [-0.05, 0) is 63.3 Å². The first-order valence-corrected chi connectivity index (χ1v) is 17.8. The second-order valence-electron chi connectivity index (χ2n) is 14.1. The van der Waals surface area contributed by atoms with Gasteiger partial charge in [0.05, 0.1) is 37.0 Å². The molecule has 7 aliphatic rings. The van der Waals surface area contributed by atoms with E-state index in [-0.39, 0.29) is 46.3 Å². The smallest absolute Gasteiger partial charge is 0.201 e. The number of aromatic hydroxyl groups is 2. The summed E-state index contributed by atoms with van der Waals surface area (Å²) in [4.78, 5) is 28.5. The number of ether oxygens (including phenoxy) is 5. The van der Waals surface area contributed by atoms with Gasteiger partial charge in [-0.15, -0.1) is 13.1 Å². The number of benzene rings is 1. The van der Waals surface area contributed by atoms with Crippen molar-refractivity contribution in [2.45, 2.75) is 70.8 Å². The Morgan fingerprint density at radius 2 is 1.63 bits per heavy atom. The number of morpholine rings is 1. The van der Waals surface area contributed by atoms with Gasteiger partial charge in [-0.2, -0.15) is 0 Å². The van der Waals surface area contributed by atoms with Gasteiger partial charge in [0.15, 0.2) is 12.1 Å². The number of phenols is 2. The van der Waals surface area contributed by atoms with Crippen molar-refractivity contribution in [3.05, 3.63) is 50.6 Å². The van der Waals surface area contributed by atoms with Crippen LogP contribution in [0.5, 0.6) is 11.5 Å². The fourth-order valence-electron chi connectivity index (χ4n) is 7.56. The average Bonchev–Trinajstić information content (AvgIpc) is 3.15. The summed E-state index contributed by atoms with van der Waals surface area (Å²) in [5.74, 6) is -0.321. The quantitative estimate of drug-likeness (QED) is 0.164. The van der Waals surface area contributed by atoms with Crippen LogP contribution in [-0.2, 0) is 36.5 Å². The normalized spacial score (nSPS) is 25.4. The molecule has 4 aliphatic heterocycles. The predicted octanol–water partition coefficient (Wildman–Crippen LogP) is 4.28. The number of fused-ring (bicyclic) bond motifs is 3. The van der Waals surface area contributed by atoms with E-state index >= 15 is 0 Å². The molecule has 3 unspecified atom stereocenters. The van der Waals surface area contributed by atoms with E-state index in [1.165, 1.54) is 33.0 Å². The summed E-state index contributed by atoms with van der Waals surface area (Å²) >= 11 is 0. The van der Waals surface area contributed by atoms with Gasteiger partial charge < -0.3 is 44.1 Å². The number of nitrogens with zero attached hydrogens (tertiary/aromatic N) is 2. The van der Waals surface area contributed by atoms with E-state index in [0.717, 1.165) is 45.7 Å². The molecule has 0 radical (unpaired) electrons. The number of allylic oxidation sites excluding steroid dienone is 4. The maximum atomic E-state index is 13.1. The monoisotopic (exact) mass is 975 g/mol. The SMILES string of the molecule is CN1CC2(C[N-]C2)C1.COC1=C2C(=O)c3c(O)c4c(c(O)c3C(=O)C2=CCC1)CC(C)CC4.COC1CCCCO1.COC1COCCN1.OO.[Fm]. The number of Topliss-reactive ketones (excluding diaryl/α,β-unsaturated/α-hetero) is 2. The van der Waals surface area contributed by atoms with Crippen LogP contribution in [0.3, 0.4) is 0 Å². The molecular formula is C37H56FmN3O11-. The molecule has 14 nitrogen and oxygen atoms in total. The van der Waals surface area contributed by atoms with Gasteiger partial charge >= 0.3 is 0 Å². The number of methoxy groups -OCH3 is 3. The number of hydrogen-bond donors (Lipinski definition) is 5. The Morgan fingerprint density at radius 3 is 2.12 bits per heavy atom. The summed E-state index contributed by atoms with van der Waals surface area (Å²) < 4.78 is 25.5. The zero-order valence-electron chi connectivity index (χ0n) is 31.0. The fourth-order valence-corrected chi connectivity index (χ4v) is 7.56. The molecule has 0 bridgehead atoms. The Labute approximate surface area is 300 Å². The second-order valence-corrected chi connectivity index (χ2v) is 14.1. The zero-order chi connectivity index (χ0) is 37.1. The van der Waals surface area contributed by atoms with E-state index in [1.54, 1.807) is 20.3 Å². The topological polar surface area (TPSA) is 191 Å². The minimum atomic E-state index is -0.438. The van der Waals surface area contributed by atoms with E-state index in [2.05, 4.69) is 29.5 Å². The van der Waals surface area contributed by atoms with Gasteiger partial charge in [0.25, 0.3) is 0 Å². The Morgan fingerprint density at radius 1 is 0.942 bits per heavy atom. The van der Waals surface area contributed by atoms with Crippen LogP contribution in [0.4, 0.5) is 0 Å². The third kappa shape index (κ3) is 9.54. The summed E-state index contributed by atoms with van der Waals surface area (Å²) in [6.07, 6.45) is 8.63. The number of nitrogens with one attached hydrogen (secondary N) is 1. The average molecular weight is 976 g/mol. The van der Waals surface area contributed by atoms with E-state index in [9.17, 15) is 19.8 Å². The van der Waals surface area contributed by atoms with Crippen molar-refractivity contribution < 1.29 is 54.0 Å². The van der Waals surface area contributed by atoms with Crippen LogP contribution in [0.1, 0.15) is 77.3 Å². The van der Waals surface area contributed by atoms with Gasteiger partial charge in [-0.25, -0.2) is 0 Å². The molecular weight excluding hydrogens is 919 g/mol. The fraction of sp³-hybridized carbons (Fsp3) is 0.676. The molecule has 0 aromatic heterocycles. The molecule has 8 rings (SSSR count). The molecule has 3 aliphatic carbocycles.